The molecule has 10 heteroatoms. The zero-order valence-corrected chi connectivity index (χ0v) is 16.6. The number of benzene rings is 3. The Hall–Kier alpha value is -4.86. The van der Waals surface area contributed by atoms with Crippen molar-refractivity contribution in [2.45, 2.75) is 0 Å². The van der Waals surface area contributed by atoms with Gasteiger partial charge in [-0.2, -0.15) is 9.78 Å². The van der Waals surface area contributed by atoms with Crippen LogP contribution in [0, 0.1) is 0 Å². The third-order valence-corrected chi connectivity index (χ3v) is 4.78. The Balaban J connectivity index is 1.45. The van der Waals surface area contributed by atoms with E-state index < -0.39 is 5.91 Å². The third kappa shape index (κ3) is 3.56. The summed E-state index contributed by atoms with van der Waals surface area (Å²) >= 11 is 0. The Labute approximate surface area is 181 Å². The maximum absolute atomic E-state index is 12.9. The van der Waals surface area contributed by atoms with Gasteiger partial charge in [0.15, 0.2) is 5.69 Å². The van der Waals surface area contributed by atoms with Crippen LogP contribution in [0.25, 0.3) is 27.8 Å². The summed E-state index contributed by atoms with van der Waals surface area (Å²) in [5, 5.41) is 21.7. The topological polar surface area (TPSA) is 137 Å². The monoisotopic (exact) mass is 424 g/mol. The molecule has 0 aliphatic rings. The van der Waals surface area contributed by atoms with Crippen molar-refractivity contribution in [2.75, 3.05) is 5.73 Å². The molecule has 3 N–H and O–H groups in total. The number of nitrogens with zero attached hydrogens (tertiary/aromatic N) is 6. The van der Waals surface area contributed by atoms with Crippen molar-refractivity contribution in [3.8, 4) is 17.1 Å². The lowest BCUT2D eigenvalue weighted by molar-refractivity contribution is 0.0950. The van der Waals surface area contributed by atoms with Crippen molar-refractivity contribution < 1.29 is 9.42 Å². The molecule has 0 saturated heterocycles. The summed E-state index contributed by atoms with van der Waals surface area (Å²) in [5.41, 5.74) is 10.3. The number of amides is 1. The first-order valence-corrected chi connectivity index (χ1v) is 9.62. The predicted octanol–water partition coefficient (Wildman–Crippen LogP) is 2.82. The highest BCUT2D eigenvalue weighted by atomic mass is 16.6. The fourth-order valence-corrected chi connectivity index (χ4v) is 3.28. The summed E-state index contributed by atoms with van der Waals surface area (Å²) in [7, 11) is 0. The SMILES string of the molecule is Nc1nonc1-n1nnc(C(=O)N/N=C\c2ccc3ccccc3c2)c1-c1ccccc1. The highest BCUT2D eigenvalue weighted by molar-refractivity contribution is 5.99. The average molecular weight is 424 g/mol. The molecule has 2 aromatic heterocycles. The number of nitrogens with one attached hydrogen (secondary N) is 1. The van der Waals surface area contributed by atoms with Crippen molar-refractivity contribution in [3.63, 3.8) is 0 Å². The lowest BCUT2D eigenvalue weighted by Gasteiger charge is -2.05. The summed E-state index contributed by atoms with van der Waals surface area (Å²) in [4.78, 5) is 12.9. The number of anilines is 1. The van der Waals surface area contributed by atoms with E-state index in [4.69, 9.17) is 5.73 Å². The Bertz CT molecular complexity index is 1440. The van der Waals surface area contributed by atoms with Gasteiger partial charge in [0.05, 0.1) is 6.21 Å². The van der Waals surface area contributed by atoms with Crippen LogP contribution in [0.5, 0.6) is 0 Å². The molecular formula is C22H16N8O2. The smallest absolute Gasteiger partial charge is 0.294 e. The fraction of sp³-hybridized carbons (Fsp3) is 0. The summed E-state index contributed by atoms with van der Waals surface area (Å²) < 4.78 is 5.98. The van der Waals surface area contributed by atoms with E-state index in [0.717, 1.165) is 16.3 Å². The van der Waals surface area contributed by atoms with Gasteiger partial charge in [-0.3, -0.25) is 4.79 Å². The molecule has 10 nitrogen and oxygen atoms in total. The second kappa shape index (κ2) is 8.11. The summed E-state index contributed by atoms with van der Waals surface area (Å²) in [6.45, 7) is 0. The molecule has 156 valence electrons. The first-order chi connectivity index (χ1) is 15.7. The quantitative estimate of drug-likeness (QED) is 0.327. The van der Waals surface area contributed by atoms with Crippen LogP contribution >= 0.6 is 0 Å². The minimum absolute atomic E-state index is 0.0216. The van der Waals surface area contributed by atoms with Gasteiger partial charge in [0.2, 0.25) is 11.6 Å². The number of carbonyl (C=O) groups is 1. The van der Waals surface area contributed by atoms with Crippen molar-refractivity contribution in [3.05, 3.63) is 84.1 Å². The molecule has 0 unspecified atom stereocenters. The zero-order chi connectivity index (χ0) is 21.9. The molecule has 0 radical (unpaired) electrons. The van der Waals surface area contributed by atoms with Crippen molar-refractivity contribution >= 4 is 28.7 Å². The van der Waals surface area contributed by atoms with Crippen LogP contribution in [0.2, 0.25) is 0 Å². The first-order valence-electron chi connectivity index (χ1n) is 9.62. The van der Waals surface area contributed by atoms with Crippen LogP contribution in [0.4, 0.5) is 5.82 Å². The fourth-order valence-electron chi connectivity index (χ4n) is 3.28. The maximum atomic E-state index is 12.9. The first kappa shape index (κ1) is 19.1. The molecule has 0 saturated carbocycles. The van der Waals surface area contributed by atoms with Crippen LogP contribution < -0.4 is 11.2 Å². The Morgan fingerprint density at radius 1 is 1.00 bits per heavy atom. The van der Waals surface area contributed by atoms with Crippen molar-refractivity contribution in [1.29, 1.82) is 0 Å². The summed E-state index contributed by atoms with van der Waals surface area (Å²) in [6, 6.07) is 23.0. The second-order valence-electron chi connectivity index (χ2n) is 6.84. The largest absolute Gasteiger partial charge is 0.378 e. The van der Waals surface area contributed by atoms with Gasteiger partial charge in [-0.05, 0) is 32.7 Å². The standard InChI is InChI=1S/C22H16N8O2/c23-20-21(28-32-27-20)30-19(16-7-2-1-3-8-16)18(25-29-30)22(31)26-24-13-14-10-11-15-6-4-5-9-17(15)12-14/h1-13H,(H2,23,27)(H,26,31)/b24-13-. The number of hydrazone groups is 1. The maximum Gasteiger partial charge on any atom is 0.294 e. The van der Waals surface area contributed by atoms with Crippen LogP contribution in [0.3, 0.4) is 0 Å². The minimum Gasteiger partial charge on any atom is -0.378 e. The van der Waals surface area contributed by atoms with Gasteiger partial charge < -0.3 is 5.73 Å². The third-order valence-electron chi connectivity index (χ3n) is 4.78. The van der Waals surface area contributed by atoms with E-state index in [-0.39, 0.29) is 17.3 Å². The number of fused-ring (bicyclic) bond motifs is 1. The molecular weight excluding hydrogens is 408 g/mol. The van der Waals surface area contributed by atoms with E-state index in [2.05, 4.69) is 35.8 Å². The highest BCUT2D eigenvalue weighted by Crippen LogP contribution is 2.26. The van der Waals surface area contributed by atoms with E-state index in [1.165, 1.54) is 4.68 Å². The van der Waals surface area contributed by atoms with Crippen LogP contribution in [0.15, 0.2) is 82.5 Å². The zero-order valence-electron chi connectivity index (χ0n) is 16.6. The number of aromatic nitrogens is 5. The van der Waals surface area contributed by atoms with Gasteiger partial charge in [-0.1, -0.05) is 71.9 Å². The molecule has 0 fully saturated rings. The number of carbonyl (C=O) groups excluding carboxylic acids is 1. The molecule has 32 heavy (non-hydrogen) atoms. The van der Waals surface area contributed by atoms with E-state index in [9.17, 15) is 4.79 Å². The Morgan fingerprint density at radius 3 is 2.56 bits per heavy atom. The van der Waals surface area contributed by atoms with Crippen molar-refractivity contribution in [2.24, 2.45) is 5.10 Å². The van der Waals surface area contributed by atoms with Gasteiger partial charge in [0.1, 0.15) is 5.69 Å². The number of hydrogen-bond donors (Lipinski definition) is 2. The molecule has 2 heterocycles. The van der Waals surface area contributed by atoms with E-state index in [0.29, 0.717) is 11.3 Å². The number of nitrogens with two attached hydrogens (primary N) is 1. The number of hydrogen-bond acceptors (Lipinski definition) is 8. The highest BCUT2D eigenvalue weighted by Gasteiger charge is 2.24. The van der Waals surface area contributed by atoms with Gasteiger partial charge in [-0.15, -0.1) is 5.10 Å². The van der Waals surface area contributed by atoms with E-state index >= 15 is 0 Å². The molecule has 1 amide bonds. The van der Waals surface area contributed by atoms with Gasteiger partial charge >= 0.3 is 0 Å². The van der Waals surface area contributed by atoms with Crippen LogP contribution in [-0.4, -0.2) is 37.4 Å². The number of nitrogen functional groups attached to an aromatic ring is 1. The molecule has 5 rings (SSSR count). The Kier molecular flexibility index (Phi) is 4.85. The lowest BCUT2D eigenvalue weighted by Crippen LogP contribution is -2.19. The lowest BCUT2D eigenvalue weighted by atomic mass is 10.1. The second-order valence-corrected chi connectivity index (χ2v) is 6.84. The van der Waals surface area contributed by atoms with Crippen molar-refractivity contribution in [1.82, 2.24) is 30.7 Å². The molecule has 5 aromatic rings. The van der Waals surface area contributed by atoms with Crippen LogP contribution in [-0.2, 0) is 0 Å². The number of rotatable bonds is 5. The van der Waals surface area contributed by atoms with E-state index in [1.807, 2.05) is 72.8 Å². The minimum atomic E-state index is -0.540. The average Bonchev–Trinajstić information content (AvgIpc) is 3.45. The molecule has 0 aliphatic heterocycles. The van der Waals surface area contributed by atoms with Gasteiger partial charge in [0.25, 0.3) is 5.91 Å². The van der Waals surface area contributed by atoms with Gasteiger partial charge in [0, 0.05) is 5.56 Å². The van der Waals surface area contributed by atoms with Gasteiger partial charge in [-0.25, -0.2) is 10.1 Å². The Morgan fingerprint density at radius 2 is 1.78 bits per heavy atom. The molecule has 0 spiro atoms. The summed E-state index contributed by atoms with van der Waals surface area (Å²) in [6.07, 6.45) is 1.57. The molecule has 0 aliphatic carbocycles. The van der Waals surface area contributed by atoms with Crippen LogP contribution in [0.1, 0.15) is 16.1 Å². The predicted molar refractivity (Wildman–Crippen MR) is 118 cm³/mol. The van der Waals surface area contributed by atoms with E-state index in [1.54, 1.807) is 6.21 Å². The molecule has 0 bridgehead atoms. The molecule has 0 atom stereocenters. The summed E-state index contributed by atoms with van der Waals surface area (Å²) in [5.74, 6) is -0.384. The molecule has 3 aromatic carbocycles. The normalized spacial score (nSPS) is 11.2.